The monoisotopic (exact) mass is 334 g/mol. The number of carbonyl (C=O) groups excluding carboxylic acids is 1. The van der Waals surface area contributed by atoms with E-state index in [1.54, 1.807) is 17.0 Å². The second kappa shape index (κ2) is 7.30. The fourth-order valence-electron chi connectivity index (χ4n) is 3.66. The van der Waals surface area contributed by atoms with Crippen LogP contribution < -0.4 is 0 Å². The fraction of sp³-hybridized carbons (Fsp3) is 0.556. The van der Waals surface area contributed by atoms with Crippen molar-refractivity contribution in [1.29, 1.82) is 0 Å². The van der Waals surface area contributed by atoms with Crippen molar-refractivity contribution in [1.82, 2.24) is 9.80 Å². The number of aliphatic carboxylic acids is 1. The Hall–Kier alpha value is -1.95. The molecule has 2 aliphatic heterocycles. The van der Waals surface area contributed by atoms with Crippen LogP contribution in [0.4, 0.5) is 4.39 Å². The van der Waals surface area contributed by atoms with Crippen LogP contribution >= 0.6 is 0 Å². The van der Waals surface area contributed by atoms with Crippen molar-refractivity contribution in [2.24, 2.45) is 5.92 Å². The van der Waals surface area contributed by atoms with Crippen molar-refractivity contribution in [2.75, 3.05) is 19.6 Å². The quantitative estimate of drug-likeness (QED) is 0.916. The van der Waals surface area contributed by atoms with Gasteiger partial charge in [-0.3, -0.25) is 14.5 Å². The Morgan fingerprint density at radius 2 is 1.88 bits per heavy atom. The average Bonchev–Trinajstić information content (AvgIpc) is 3.07. The molecule has 0 aromatic heterocycles. The number of amides is 1. The highest BCUT2D eigenvalue weighted by atomic mass is 19.1. The molecule has 0 saturated carbocycles. The molecule has 2 aliphatic rings. The lowest BCUT2D eigenvalue weighted by molar-refractivity contribution is -0.142. The number of halogens is 1. The summed E-state index contributed by atoms with van der Waals surface area (Å²) in [5, 5.41) is 9.11. The summed E-state index contributed by atoms with van der Waals surface area (Å²) in [7, 11) is 0. The molecule has 6 heteroatoms. The zero-order valence-electron chi connectivity index (χ0n) is 13.7. The Labute approximate surface area is 141 Å². The third-order valence-electron chi connectivity index (χ3n) is 5.05. The molecule has 2 heterocycles. The third-order valence-corrected chi connectivity index (χ3v) is 5.05. The van der Waals surface area contributed by atoms with Gasteiger partial charge in [0.25, 0.3) is 0 Å². The van der Waals surface area contributed by atoms with E-state index in [1.807, 2.05) is 0 Å². The molecule has 0 bridgehead atoms. The highest BCUT2D eigenvalue weighted by molar-refractivity contribution is 5.83. The number of piperidine rings is 1. The van der Waals surface area contributed by atoms with Crippen molar-refractivity contribution in [3.05, 3.63) is 35.6 Å². The Kier molecular flexibility index (Phi) is 5.14. The molecule has 1 aromatic rings. The highest BCUT2D eigenvalue weighted by Crippen LogP contribution is 2.24. The maximum atomic E-state index is 13.1. The molecular formula is C18H23FN2O3. The summed E-state index contributed by atoms with van der Waals surface area (Å²) in [6.07, 6.45) is 3.38. The summed E-state index contributed by atoms with van der Waals surface area (Å²) in [6.45, 7) is 2.29. The third kappa shape index (κ3) is 3.75. The van der Waals surface area contributed by atoms with Crippen LogP contribution in [0.1, 0.15) is 31.2 Å². The van der Waals surface area contributed by atoms with Gasteiger partial charge in [-0.05, 0) is 43.5 Å². The maximum absolute atomic E-state index is 13.1. The van der Waals surface area contributed by atoms with Crippen LogP contribution in [0.15, 0.2) is 24.3 Å². The van der Waals surface area contributed by atoms with E-state index in [9.17, 15) is 14.0 Å². The fourth-order valence-corrected chi connectivity index (χ4v) is 3.66. The molecule has 2 saturated heterocycles. The van der Waals surface area contributed by atoms with Gasteiger partial charge in [-0.25, -0.2) is 4.39 Å². The molecule has 1 N–H and O–H groups in total. The van der Waals surface area contributed by atoms with E-state index < -0.39 is 11.9 Å². The zero-order valence-corrected chi connectivity index (χ0v) is 13.7. The van der Waals surface area contributed by atoms with E-state index in [4.69, 9.17) is 5.11 Å². The molecule has 1 amide bonds. The van der Waals surface area contributed by atoms with Crippen LogP contribution in [0, 0.1) is 11.7 Å². The van der Waals surface area contributed by atoms with E-state index in [2.05, 4.69) is 4.90 Å². The molecule has 0 radical (unpaired) electrons. The Balaban J connectivity index is 1.66. The minimum absolute atomic E-state index is 0.0422. The maximum Gasteiger partial charge on any atom is 0.308 e. The summed E-state index contributed by atoms with van der Waals surface area (Å²) in [4.78, 5) is 27.8. The number of carboxylic acid groups (broad SMARTS) is 1. The summed E-state index contributed by atoms with van der Waals surface area (Å²) >= 11 is 0. The van der Waals surface area contributed by atoms with Gasteiger partial charge in [0.05, 0.1) is 12.0 Å². The second-order valence-electron chi connectivity index (χ2n) is 6.72. The van der Waals surface area contributed by atoms with E-state index in [0.29, 0.717) is 26.1 Å². The Morgan fingerprint density at radius 3 is 2.54 bits per heavy atom. The number of nitrogens with zero attached hydrogens (tertiary/aromatic N) is 2. The molecule has 1 aromatic carbocycles. The van der Waals surface area contributed by atoms with Gasteiger partial charge >= 0.3 is 5.97 Å². The molecule has 3 rings (SSSR count). The number of likely N-dealkylation sites (tertiary alicyclic amines) is 2. The van der Waals surface area contributed by atoms with Gasteiger partial charge < -0.3 is 10.0 Å². The van der Waals surface area contributed by atoms with Crippen LogP contribution in [0.25, 0.3) is 0 Å². The molecule has 2 fully saturated rings. The summed E-state index contributed by atoms with van der Waals surface area (Å²) in [5.74, 6) is -1.48. The predicted octanol–water partition coefficient (Wildman–Crippen LogP) is 2.11. The summed E-state index contributed by atoms with van der Waals surface area (Å²) in [5.41, 5.74) is 0.987. The topological polar surface area (TPSA) is 60.9 Å². The summed E-state index contributed by atoms with van der Waals surface area (Å²) < 4.78 is 13.1. The Morgan fingerprint density at radius 1 is 1.12 bits per heavy atom. The van der Waals surface area contributed by atoms with Crippen molar-refractivity contribution in [2.45, 2.75) is 38.3 Å². The number of carboxylic acids is 1. The van der Waals surface area contributed by atoms with Gasteiger partial charge in [0.15, 0.2) is 0 Å². The van der Waals surface area contributed by atoms with Gasteiger partial charge in [0.2, 0.25) is 5.91 Å². The number of hydrogen-bond donors (Lipinski definition) is 1. The zero-order chi connectivity index (χ0) is 17.1. The van der Waals surface area contributed by atoms with Crippen LogP contribution in [0.3, 0.4) is 0 Å². The molecule has 0 aliphatic carbocycles. The normalized spacial score (nSPS) is 25.0. The van der Waals surface area contributed by atoms with Crippen molar-refractivity contribution < 1.29 is 19.1 Å². The van der Waals surface area contributed by atoms with E-state index >= 15 is 0 Å². The van der Waals surface area contributed by atoms with Gasteiger partial charge in [-0.2, -0.15) is 0 Å². The average molecular weight is 334 g/mol. The van der Waals surface area contributed by atoms with Gasteiger partial charge in [-0.15, -0.1) is 0 Å². The minimum atomic E-state index is -0.822. The smallest absolute Gasteiger partial charge is 0.308 e. The molecule has 5 nitrogen and oxygen atoms in total. The van der Waals surface area contributed by atoms with Crippen LogP contribution in [0.5, 0.6) is 0 Å². The largest absolute Gasteiger partial charge is 0.481 e. The predicted molar refractivity (Wildman–Crippen MR) is 86.8 cm³/mol. The molecule has 0 spiro atoms. The lowest BCUT2D eigenvalue weighted by Gasteiger charge is -2.36. The lowest BCUT2D eigenvalue weighted by Crippen LogP contribution is -2.50. The van der Waals surface area contributed by atoms with Crippen molar-refractivity contribution in [3.63, 3.8) is 0 Å². The van der Waals surface area contributed by atoms with Crippen molar-refractivity contribution in [3.8, 4) is 0 Å². The number of hydrogen-bond acceptors (Lipinski definition) is 3. The van der Waals surface area contributed by atoms with Crippen LogP contribution in [-0.2, 0) is 16.1 Å². The highest BCUT2D eigenvalue weighted by Gasteiger charge is 2.37. The van der Waals surface area contributed by atoms with Crippen LogP contribution in [0.2, 0.25) is 0 Å². The molecule has 24 heavy (non-hydrogen) atoms. The number of benzene rings is 1. The van der Waals surface area contributed by atoms with E-state index in [-0.39, 0.29) is 17.8 Å². The number of rotatable bonds is 4. The molecular weight excluding hydrogens is 311 g/mol. The lowest BCUT2D eigenvalue weighted by atomic mass is 10.00. The standard InChI is InChI=1S/C18H23FN2O3/c19-15-6-4-13(5-7-15)11-20-9-2-1-3-16(20)17(22)21-10-8-14(12-21)18(23)24/h4-7,14,16H,1-3,8-12H2,(H,23,24)/t14-,16-/m1/s1. The first-order chi connectivity index (χ1) is 11.5. The van der Waals surface area contributed by atoms with Gasteiger partial charge in [-0.1, -0.05) is 18.6 Å². The van der Waals surface area contributed by atoms with E-state index in [0.717, 1.165) is 31.4 Å². The second-order valence-corrected chi connectivity index (χ2v) is 6.72. The molecule has 130 valence electrons. The molecule has 0 unspecified atom stereocenters. The van der Waals surface area contributed by atoms with E-state index in [1.165, 1.54) is 12.1 Å². The Bertz CT molecular complexity index is 605. The van der Waals surface area contributed by atoms with Crippen LogP contribution in [-0.4, -0.2) is 52.5 Å². The first-order valence-corrected chi connectivity index (χ1v) is 8.54. The first-order valence-electron chi connectivity index (χ1n) is 8.54. The number of carbonyl (C=O) groups is 2. The van der Waals surface area contributed by atoms with Gasteiger partial charge in [0, 0.05) is 19.6 Å². The van der Waals surface area contributed by atoms with Gasteiger partial charge in [0.1, 0.15) is 5.82 Å². The first kappa shape index (κ1) is 16.9. The minimum Gasteiger partial charge on any atom is -0.481 e. The molecule has 2 atom stereocenters. The van der Waals surface area contributed by atoms with Crippen molar-refractivity contribution >= 4 is 11.9 Å². The summed E-state index contributed by atoms with van der Waals surface area (Å²) in [6, 6.07) is 6.18. The SMILES string of the molecule is O=C(O)[C@@H]1CCN(C(=O)[C@H]2CCCCN2Cc2ccc(F)cc2)C1.